The van der Waals surface area contributed by atoms with Crippen LogP contribution in [0.3, 0.4) is 0 Å². The van der Waals surface area contributed by atoms with E-state index < -0.39 is 0 Å². The number of aldehydes is 1. The van der Waals surface area contributed by atoms with Crippen molar-refractivity contribution in [3.8, 4) is 6.01 Å². The zero-order valence-electron chi connectivity index (χ0n) is 13.3. The summed E-state index contributed by atoms with van der Waals surface area (Å²) in [5, 5.41) is 0. The van der Waals surface area contributed by atoms with Crippen LogP contribution in [-0.4, -0.2) is 42.5 Å². The third-order valence-corrected chi connectivity index (χ3v) is 3.66. The fourth-order valence-corrected chi connectivity index (χ4v) is 2.51. The number of nitrogens with zero attached hydrogens (tertiary/aromatic N) is 3. The first-order valence-electron chi connectivity index (χ1n) is 7.53. The Hall–Kier alpha value is -2.80. The van der Waals surface area contributed by atoms with Gasteiger partial charge in [0.15, 0.2) is 0 Å². The molecular formula is C17H17N3O4. The van der Waals surface area contributed by atoms with Gasteiger partial charge < -0.3 is 9.47 Å². The van der Waals surface area contributed by atoms with Crippen LogP contribution in [0.15, 0.2) is 30.5 Å². The third kappa shape index (κ3) is 3.41. The molecule has 3 rings (SSSR count). The molecule has 0 aliphatic carbocycles. The van der Waals surface area contributed by atoms with Crippen molar-refractivity contribution < 1.29 is 19.1 Å². The Morgan fingerprint density at radius 3 is 3.00 bits per heavy atom. The highest BCUT2D eigenvalue weighted by atomic mass is 16.5. The van der Waals surface area contributed by atoms with E-state index in [2.05, 4.69) is 9.97 Å². The molecule has 124 valence electrons. The first-order valence-corrected chi connectivity index (χ1v) is 7.53. The molecule has 7 heteroatoms. The number of anilines is 1. The van der Waals surface area contributed by atoms with Crippen molar-refractivity contribution in [2.24, 2.45) is 0 Å². The van der Waals surface area contributed by atoms with E-state index in [-0.39, 0.29) is 18.3 Å². The number of hydrogen-bond donors (Lipinski definition) is 0. The van der Waals surface area contributed by atoms with E-state index in [0.29, 0.717) is 31.1 Å². The van der Waals surface area contributed by atoms with Gasteiger partial charge in [-0.15, -0.1) is 0 Å². The molecule has 0 unspecified atom stereocenters. The van der Waals surface area contributed by atoms with Gasteiger partial charge in [0.1, 0.15) is 18.7 Å². The lowest BCUT2D eigenvalue weighted by Gasteiger charge is -2.17. The Morgan fingerprint density at radius 1 is 1.33 bits per heavy atom. The van der Waals surface area contributed by atoms with Gasteiger partial charge in [-0.05, 0) is 11.6 Å². The minimum atomic E-state index is -0.0511. The second kappa shape index (κ2) is 7.18. The maximum atomic E-state index is 12.3. The molecular weight excluding hydrogens is 310 g/mol. The summed E-state index contributed by atoms with van der Waals surface area (Å²) in [4.78, 5) is 33.2. The molecule has 1 amide bonds. The maximum Gasteiger partial charge on any atom is 0.318 e. The number of hydrogen-bond acceptors (Lipinski definition) is 6. The Morgan fingerprint density at radius 2 is 2.21 bits per heavy atom. The third-order valence-electron chi connectivity index (χ3n) is 3.66. The predicted octanol–water partition coefficient (Wildman–Crippen LogP) is 1.40. The van der Waals surface area contributed by atoms with Crippen molar-refractivity contribution >= 4 is 18.0 Å². The number of carbonyl (C=O) groups excluding carboxylic acids is 2. The minimum Gasteiger partial charge on any atom is -0.461 e. The largest absolute Gasteiger partial charge is 0.461 e. The molecule has 0 radical (unpaired) electrons. The monoisotopic (exact) mass is 327 g/mol. The summed E-state index contributed by atoms with van der Waals surface area (Å²) in [7, 11) is 1.58. The summed E-state index contributed by atoms with van der Waals surface area (Å²) in [5.74, 6) is 0.503. The van der Waals surface area contributed by atoms with E-state index in [4.69, 9.17) is 9.47 Å². The zero-order chi connectivity index (χ0) is 16.9. The van der Waals surface area contributed by atoms with Crippen LogP contribution in [0, 0.1) is 0 Å². The van der Waals surface area contributed by atoms with E-state index in [1.807, 2.05) is 6.07 Å². The maximum absolute atomic E-state index is 12.3. The number of fused-ring (bicyclic) bond motifs is 1. The summed E-state index contributed by atoms with van der Waals surface area (Å²) >= 11 is 0. The van der Waals surface area contributed by atoms with Crippen molar-refractivity contribution in [1.82, 2.24) is 9.97 Å². The molecule has 1 aliphatic rings. The molecule has 1 aromatic carbocycles. The topological polar surface area (TPSA) is 81.6 Å². The highest BCUT2D eigenvalue weighted by Gasteiger charge is 2.29. The second-order valence-electron chi connectivity index (χ2n) is 5.36. The average molecular weight is 327 g/mol. The fraction of sp³-hybridized carbons (Fsp3) is 0.294. The Kier molecular flexibility index (Phi) is 4.81. The van der Waals surface area contributed by atoms with Gasteiger partial charge in [-0.3, -0.25) is 14.5 Å². The number of amides is 1. The van der Waals surface area contributed by atoms with Crippen LogP contribution in [0.2, 0.25) is 0 Å². The molecule has 7 nitrogen and oxygen atoms in total. The Labute approximate surface area is 139 Å². The van der Waals surface area contributed by atoms with Crippen molar-refractivity contribution in [2.45, 2.75) is 13.0 Å². The minimum absolute atomic E-state index is 0.0511. The lowest BCUT2D eigenvalue weighted by Crippen LogP contribution is -2.26. The van der Waals surface area contributed by atoms with Gasteiger partial charge in [-0.25, -0.2) is 4.98 Å². The van der Waals surface area contributed by atoms with Crippen molar-refractivity contribution in [3.63, 3.8) is 0 Å². The van der Waals surface area contributed by atoms with Crippen LogP contribution in [0.25, 0.3) is 0 Å². The number of carbonyl (C=O) groups is 2. The quantitative estimate of drug-likeness (QED) is 0.565. The molecule has 24 heavy (non-hydrogen) atoms. The van der Waals surface area contributed by atoms with Crippen LogP contribution in [0.1, 0.15) is 21.5 Å². The molecule has 0 saturated heterocycles. The summed E-state index contributed by atoms with van der Waals surface area (Å²) in [5.41, 5.74) is 2.21. The van der Waals surface area contributed by atoms with Gasteiger partial charge in [0, 0.05) is 24.4 Å². The van der Waals surface area contributed by atoms with Crippen LogP contribution in [0.5, 0.6) is 6.01 Å². The molecule has 2 heterocycles. The van der Waals surface area contributed by atoms with Crippen LogP contribution >= 0.6 is 0 Å². The van der Waals surface area contributed by atoms with Crippen molar-refractivity contribution in [3.05, 3.63) is 47.2 Å². The predicted molar refractivity (Wildman–Crippen MR) is 86.1 cm³/mol. The van der Waals surface area contributed by atoms with Gasteiger partial charge in [0.05, 0.1) is 19.6 Å². The zero-order valence-corrected chi connectivity index (χ0v) is 13.3. The Bertz CT molecular complexity index is 763. The molecule has 0 spiro atoms. The number of benzene rings is 1. The number of rotatable bonds is 7. The fourth-order valence-electron chi connectivity index (χ4n) is 2.51. The highest BCUT2D eigenvalue weighted by molar-refractivity contribution is 6.00. The molecule has 2 aromatic rings. The van der Waals surface area contributed by atoms with Gasteiger partial charge >= 0.3 is 6.01 Å². The van der Waals surface area contributed by atoms with Crippen molar-refractivity contribution in [1.29, 1.82) is 0 Å². The summed E-state index contributed by atoms with van der Waals surface area (Å²) in [6, 6.07) is 7.36. The molecule has 0 saturated carbocycles. The second-order valence-corrected chi connectivity index (χ2v) is 5.36. The first-order chi connectivity index (χ1) is 11.7. The smallest absolute Gasteiger partial charge is 0.318 e. The summed E-state index contributed by atoms with van der Waals surface area (Å²) in [6.45, 7) is 1.12. The van der Waals surface area contributed by atoms with Crippen LogP contribution in [-0.2, 0) is 22.5 Å². The lowest BCUT2D eigenvalue weighted by atomic mass is 10.1. The molecule has 0 N–H and O–H groups in total. The summed E-state index contributed by atoms with van der Waals surface area (Å²) < 4.78 is 10.3. The standard InChI is InChI=1S/C17H17N3O4/c1-23-5-6-24-17-18-9-14-8-15(22)20(16(14)19-17)10-12-3-2-4-13(7-12)11-21/h2-4,7,9,11H,5-6,8,10H2,1H3. The van der Waals surface area contributed by atoms with E-state index in [1.54, 1.807) is 36.4 Å². The van der Waals surface area contributed by atoms with Crippen LogP contribution < -0.4 is 9.64 Å². The highest BCUT2D eigenvalue weighted by Crippen LogP contribution is 2.29. The molecule has 1 aliphatic heterocycles. The number of ether oxygens (including phenoxy) is 2. The number of methoxy groups -OCH3 is 1. The summed E-state index contributed by atoms with van der Waals surface area (Å²) in [6.07, 6.45) is 2.67. The normalized spacial score (nSPS) is 13.0. The molecule has 0 atom stereocenters. The average Bonchev–Trinajstić information content (AvgIpc) is 2.91. The Balaban J connectivity index is 1.81. The van der Waals surface area contributed by atoms with E-state index in [0.717, 1.165) is 17.4 Å². The van der Waals surface area contributed by atoms with E-state index in [1.165, 1.54) is 0 Å². The van der Waals surface area contributed by atoms with Crippen LogP contribution in [0.4, 0.5) is 5.82 Å². The van der Waals surface area contributed by atoms with Crippen molar-refractivity contribution in [2.75, 3.05) is 25.2 Å². The van der Waals surface area contributed by atoms with E-state index in [9.17, 15) is 9.59 Å². The van der Waals surface area contributed by atoms with Gasteiger partial charge in [-0.1, -0.05) is 18.2 Å². The van der Waals surface area contributed by atoms with Gasteiger partial charge in [0.25, 0.3) is 0 Å². The number of aromatic nitrogens is 2. The molecule has 0 fully saturated rings. The van der Waals surface area contributed by atoms with Gasteiger partial charge in [-0.2, -0.15) is 4.98 Å². The molecule has 1 aromatic heterocycles. The molecule has 0 bridgehead atoms. The SMILES string of the molecule is COCCOc1ncc2c(n1)N(Cc1cccc(C=O)c1)C(=O)C2. The first kappa shape index (κ1) is 16.1. The van der Waals surface area contributed by atoms with E-state index >= 15 is 0 Å². The van der Waals surface area contributed by atoms with Gasteiger partial charge in [0.2, 0.25) is 5.91 Å². The lowest BCUT2D eigenvalue weighted by molar-refractivity contribution is -0.117.